The van der Waals surface area contributed by atoms with Gasteiger partial charge in [-0.15, -0.1) is 0 Å². The first-order valence-corrected chi connectivity index (χ1v) is 15.3. The molecule has 2 amide bonds. The largest absolute Gasteiger partial charge is 0.487 e. The maximum atomic E-state index is 14.4. The number of halogens is 2. The Kier molecular flexibility index (Phi) is 7.83. The molecule has 1 N–H and O–H groups in total. The number of hydrogen-bond donors (Lipinski definition) is 1. The summed E-state index contributed by atoms with van der Waals surface area (Å²) in [6.07, 6.45) is 4.07. The summed E-state index contributed by atoms with van der Waals surface area (Å²) in [6, 6.07) is 7.04. The molecule has 3 aliphatic rings. The number of amides is 2. The number of aliphatic carboxylic acids is 1. The number of benzene rings is 2. The van der Waals surface area contributed by atoms with E-state index in [2.05, 4.69) is 5.16 Å². The van der Waals surface area contributed by atoms with Crippen molar-refractivity contribution in [1.82, 2.24) is 15.0 Å². The monoisotopic (exact) mass is 611 g/mol. The fourth-order valence-corrected chi connectivity index (χ4v) is 7.54. The zero-order chi connectivity index (χ0) is 30.5. The lowest BCUT2D eigenvalue weighted by molar-refractivity contribution is -0.163. The molecule has 1 saturated heterocycles. The topological polar surface area (TPSA) is 113 Å². The number of carboxylic acids is 1. The SMILES string of the molecule is C[C@H](C1c2c(OCc3noc4c(F)cccc34)ccc(Cl)c2CCN1C(=O)[C@@H]1CCCC[C@]1(C)C(=O)O)N1CCCC1=O. The minimum absolute atomic E-state index is 0.0145. The van der Waals surface area contributed by atoms with Crippen LogP contribution in [0.5, 0.6) is 5.75 Å². The lowest BCUT2D eigenvalue weighted by Gasteiger charge is -2.47. The molecule has 1 aliphatic carbocycles. The van der Waals surface area contributed by atoms with E-state index in [4.69, 9.17) is 20.9 Å². The minimum atomic E-state index is -1.18. The second-order valence-electron chi connectivity index (χ2n) is 12.2. The van der Waals surface area contributed by atoms with Crippen LogP contribution in [0.2, 0.25) is 5.02 Å². The summed E-state index contributed by atoms with van der Waals surface area (Å²) in [7, 11) is 0. The van der Waals surface area contributed by atoms with Crippen molar-refractivity contribution in [3.8, 4) is 5.75 Å². The maximum absolute atomic E-state index is 14.4. The first kappa shape index (κ1) is 29.4. The van der Waals surface area contributed by atoms with E-state index in [1.807, 2.05) is 6.92 Å². The number of rotatable bonds is 7. The maximum Gasteiger partial charge on any atom is 0.310 e. The number of carboxylic acid groups (broad SMARTS) is 1. The molecule has 3 aromatic rings. The fourth-order valence-electron chi connectivity index (χ4n) is 7.28. The third-order valence-electron chi connectivity index (χ3n) is 9.72. The summed E-state index contributed by atoms with van der Waals surface area (Å²) in [5.74, 6) is -1.91. The highest BCUT2D eigenvalue weighted by Gasteiger charge is 2.51. The number of carbonyl (C=O) groups excluding carboxylic acids is 2. The van der Waals surface area contributed by atoms with Crippen LogP contribution in [-0.4, -0.2) is 57.0 Å². The Labute approximate surface area is 253 Å². The Morgan fingerprint density at radius 3 is 2.77 bits per heavy atom. The molecule has 1 unspecified atom stereocenters. The molecular weight excluding hydrogens is 577 g/mol. The normalized spacial score (nSPS) is 24.7. The Morgan fingerprint density at radius 1 is 1.21 bits per heavy atom. The predicted octanol–water partition coefficient (Wildman–Crippen LogP) is 5.92. The van der Waals surface area contributed by atoms with Gasteiger partial charge in [-0.2, -0.15) is 0 Å². The molecule has 0 spiro atoms. The molecule has 1 aromatic heterocycles. The van der Waals surface area contributed by atoms with Crippen molar-refractivity contribution >= 4 is 40.4 Å². The number of fused-ring (bicyclic) bond motifs is 2. The van der Waals surface area contributed by atoms with Gasteiger partial charge < -0.3 is 24.2 Å². The van der Waals surface area contributed by atoms with Crippen LogP contribution in [0.15, 0.2) is 34.9 Å². The summed E-state index contributed by atoms with van der Waals surface area (Å²) >= 11 is 6.74. The lowest BCUT2D eigenvalue weighted by Crippen LogP contribution is -2.55. The van der Waals surface area contributed by atoms with Crippen LogP contribution in [0.4, 0.5) is 4.39 Å². The molecule has 228 valence electrons. The smallest absolute Gasteiger partial charge is 0.310 e. The zero-order valence-electron chi connectivity index (χ0n) is 24.3. The van der Waals surface area contributed by atoms with Crippen molar-refractivity contribution in [1.29, 1.82) is 0 Å². The van der Waals surface area contributed by atoms with E-state index in [1.165, 1.54) is 6.07 Å². The van der Waals surface area contributed by atoms with Crippen molar-refractivity contribution in [3.63, 3.8) is 0 Å². The second kappa shape index (κ2) is 11.4. The Hall–Kier alpha value is -3.66. The highest BCUT2D eigenvalue weighted by molar-refractivity contribution is 6.31. The molecule has 1 saturated carbocycles. The molecule has 2 fully saturated rings. The van der Waals surface area contributed by atoms with E-state index in [0.717, 1.165) is 24.8 Å². The van der Waals surface area contributed by atoms with Gasteiger partial charge in [-0.25, -0.2) is 4.39 Å². The number of aromatic nitrogens is 1. The van der Waals surface area contributed by atoms with E-state index in [1.54, 1.807) is 41.0 Å². The van der Waals surface area contributed by atoms with Crippen LogP contribution >= 0.6 is 11.6 Å². The quantitative estimate of drug-likeness (QED) is 0.353. The molecule has 43 heavy (non-hydrogen) atoms. The molecule has 0 radical (unpaired) electrons. The van der Waals surface area contributed by atoms with Gasteiger partial charge in [0, 0.05) is 30.1 Å². The number of ether oxygens (including phenoxy) is 1. The molecule has 2 aliphatic heterocycles. The Bertz CT molecular complexity index is 1590. The van der Waals surface area contributed by atoms with Gasteiger partial charge in [0.25, 0.3) is 0 Å². The van der Waals surface area contributed by atoms with E-state index in [9.17, 15) is 23.9 Å². The van der Waals surface area contributed by atoms with Gasteiger partial charge in [0.1, 0.15) is 18.1 Å². The van der Waals surface area contributed by atoms with Gasteiger partial charge in [0.15, 0.2) is 5.82 Å². The average molecular weight is 612 g/mol. The van der Waals surface area contributed by atoms with Crippen LogP contribution < -0.4 is 4.74 Å². The predicted molar refractivity (Wildman–Crippen MR) is 156 cm³/mol. The Morgan fingerprint density at radius 2 is 2.02 bits per heavy atom. The molecule has 6 rings (SSSR count). The minimum Gasteiger partial charge on any atom is -0.487 e. The molecule has 3 heterocycles. The van der Waals surface area contributed by atoms with Crippen LogP contribution in [0.25, 0.3) is 11.0 Å². The van der Waals surface area contributed by atoms with Crippen LogP contribution in [0.1, 0.15) is 75.2 Å². The lowest BCUT2D eigenvalue weighted by atomic mass is 9.66. The number of hydrogen-bond acceptors (Lipinski definition) is 6. The van der Waals surface area contributed by atoms with E-state index >= 15 is 0 Å². The molecule has 4 atom stereocenters. The van der Waals surface area contributed by atoms with Gasteiger partial charge in [-0.05, 0) is 69.4 Å². The van der Waals surface area contributed by atoms with Crippen molar-refractivity contribution in [3.05, 3.63) is 58.0 Å². The summed E-state index contributed by atoms with van der Waals surface area (Å²) in [6.45, 7) is 4.48. The highest BCUT2D eigenvalue weighted by atomic mass is 35.5. The van der Waals surface area contributed by atoms with Crippen molar-refractivity contribution in [2.45, 2.75) is 77.5 Å². The average Bonchev–Trinajstić information content (AvgIpc) is 3.62. The van der Waals surface area contributed by atoms with E-state index in [-0.39, 0.29) is 24.0 Å². The second-order valence-corrected chi connectivity index (χ2v) is 12.6. The van der Waals surface area contributed by atoms with Crippen LogP contribution in [-0.2, 0) is 27.4 Å². The fraction of sp³-hybridized carbons (Fsp3) is 0.500. The molecule has 2 aromatic carbocycles. The van der Waals surface area contributed by atoms with Gasteiger partial charge >= 0.3 is 5.97 Å². The van der Waals surface area contributed by atoms with Gasteiger partial charge in [0.2, 0.25) is 17.4 Å². The summed E-state index contributed by atoms with van der Waals surface area (Å²) in [5.41, 5.74) is 0.812. The first-order chi connectivity index (χ1) is 20.6. The summed E-state index contributed by atoms with van der Waals surface area (Å²) in [4.78, 5) is 43.4. The number of likely N-dealkylation sites (tertiary alicyclic amines) is 1. The van der Waals surface area contributed by atoms with E-state index < -0.39 is 35.2 Å². The van der Waals surface area contributed by atoms with Crippen LogP contribution in [0.3, 0.4) is 0 Å². The Balaban J connectivity index is 1.41. The number of nitrogens with zero attached hydrogens (tertiary/aromatic N) is 3. The number of para-hydroxylation sites is 1. The number of carbonyl (C=O) groups is 3. The molecule has 9 nitrogen and oxygen atoms in total. The van der Waals surface area contributed by atoms with Gasteiger partial charge in [-0.1, -0.05) is 35.7 Å². The first-order valence-electron chi connectivity index (χ1n) is 14.9. The molecular formula is C32H35ClFN3O6. The molecule has 0 bridgehead atoms. The van der Waals surface area contributed by atoms with Crippen molar-refractivity contribution in [2.24, 2.45) is 11.3 Å². The summed E-state index contributed by atoms with van der Waals surface area (Å²) in [5, 5.41) is 15.2. The highest BCUT2D eigenvalue weighted by Crippen LogP contribution is 2.48. The van der Waals surface area contributed by atoms with E-state index in [0.29, 0.717) is 66.2 Å². The summed E-state index contributed by atoms with van der Waals surface area (Å²) < 4.78 is 25.8. The van der Waals surface area contributed by atoms with Crippen molar-refractivity contribution < 1.29 is 33.1 Å². The standard InChI is InChI=1S/C32H35ClFN3O6/c1-18(36-15-6-10-26(36)38)28-27-19(13-16-37(28)30(39)21-8-3-4-14-32(21,2)31(40)41)22(33)11-12-25(27)42-17-24-20-7-5-9-23(34)29(20)43-35-24/h5,7,9,11-12,18,21,28H,3-4,6,8,10,13-17H2,1-2H3,(H,40,41)/t18-,21+,28?,32+/m1/s1. The van der Waals surface area contributed by atoms with Gasteiger partial charge in [0.05, 0.1) is 28.8 Å². The zero-order valence-corrected chi connectivity index (χ0v) is 25.0. The third-order valence-corrected chi connectivity index (χ3v) is 10.1. The molecule has 11 heteroatoms. The van der Waals surface area contributed by atoms with Gasteiger partial charge in [-0.3, -0.25) is 14.4 Å². The van der Waals surface area contributed by atoms with Crippen molar-refractivity contribution in [2.75, 3.05) is 13.1 Å². The third kappa shape index (κ3) is 5.03. The van der Waals surface area contributed by atoms with Crippen LogP contribution in [0, 0.1) is 17.2 Å².